The van der Waals surface area contributed by atoms with E-state index in [1.54, 1.807) is 6.92 Å². The second kappa shape index (κ2) is 5.44. The summed E-state index contributed by atoms with van der Waals surface area (Å²) in [5.74, 6) is -0.393. The Morgan fingerprint density at radius 1 is 1.00 bits per heavy atom. The number of imide groups is 1. The SMILES string of the molecule is C[C@@]1(c2ccccc2)NC(=O)N(/N=C\c2ccccc2)C1=O. The van der Waals surface area contributed by atoms with Crippen LogP contribution in [0.1, 0.15) is 18.1 Å². The van der Waals surface area contributed by atoms with Crippen LogP contribution in [0.5, 0.6) is 0 Å². The number of urea groups is 1. The highest BCUT2D eigenvalue weighted by Gasteiger charge is 2.49. The van der Waals surface area contributed by atoms with E-state index < -0.39 is 17.5 Å². The van der Waals surface area contributed by atoms with Crippen molar-refractivity contribution in [1.29, 1.82) is 0 Å². The Kier molecular flexibility index (Phi) is 3.47. The van der Waals surface area contributed by atoms with E-state index in [0.717, 1.165) is 16.1 Å². The third kappa shape index (κ3) is 2.37. The van der Waals surface area contributed by atoms with Crippen LogP contribution in [0.15, 0.2) is 65.8 Å². The van der Waals surface area contributed by atoms with E-state index >= 15 is 0 Å². The van der Waals surface area contributed by atoms with Crippen LogP contribution in [0.3, 0.4) is 0 Å². The Labute approximate surface area is 128 Å². The van der Waals surface area contributed by atoms with Gasteiger partial charge >= 0.3 is 6.03 Å². The number of benzene rings is 2. The van der Waals surface area contributed by atoms with Crippen LogP contribution in [0.25, 0.3) is 0 Å². The van der Waals surface area contributed by atoms with Crippen molar-refractivity contribution in [2.45, 2.75) is 12.5 Å². The maximum absolute atomic E-state index is 12.6. The molecule has 2 aromatic carbocycles. The molecule has 1 atom stereocenters. The number of carbonyl (C=O) groups is 2. The van der Waals surface area contributed by atoms with Crippen molar-refractivity contribution in [3.63, 3.8) is 0 Å². The van der Waals surface area contributed by atoms with Crippen LogP contribution < -0.4 is 5.32 Å². The van der Waals surface area contributed by atoms with E-state index in [2.05, 4.69) is 10.4 Å². The van der Waals surface area contributed by atoms with E-state index in [1.807, 2.05) is 60.7 Å². The first kappa shape index (κ1) is 14.0. The lowest BCUT2D eigenvalue weighted by Gasteiger charge is -2.20. The fraction of sp³-hybridized carbons (Fsp3) is 0.118. The maximum atomic E-state index is 12.6. The number of carbonyl (C=O) groups excluding carboxylic acids is 2. The van der Waals surface area contributed by atoms with Crippen molar-refractivity contribution < 1.29 is 9.59 Å². The summed E-state index contributed by atoms with van der Waals surface area (Å²) in [5, 5.41) is 7.60. The monoisotopic (exact) mass is 293 g/mol. The summed E-state index contributed by atoms with van der Waals surface area (Å²) in [6, 6.07) is 17.9. The van der Waals surface area contributed by atoms with Gasteiger partial charge in [0.05, 0.1) is 6.21 Å². The lowest BCUT2D eigenvalue weighted by atomic mass is 9.92. The summed E-state index contributed by atoms with van der Waals surface area (Å²) >= 11 is 0. The van der Waals surface area contributed by atoms with Gasteiger partial charge in [-0.05, 0) is 18.1 Å². The Bertz CT molecular complexity index is 728. The molecule has 1 N–H and O–H groups in total. The molecule has 1 saturated heterocycles. The molecule has 22 heavy (non-hydrogen) atoms. The molecule has 1 aliphatic heterocycles. The average Bonchev–Trinajstić information content (AvgIpc) is 2.78. The van der Waals surface area contributed by atoms with Crippen LogP contribution in [0.4, 0.5) is 4.79 Å². The zero-order chi connectivity index (χ0) is 15.6. The Hall–Kier alpha value is -2.95. The van der Waals surface area contributed by atoms with Gasteiger partial charge in [0, 0.05) is 0 Å². The van der Waals surface area contributed by atoms with Crippen LogP contribution in [0, 0.1) is 0 Å². The molecule has 5 heteroatoms. The lowest BCUT2D eigenvalue weighted by Crippen LogP contribution is -2.40. The number of nitrogens with one attached hydrogen (secondary N) is 1. The predicted molar refractivity (Wildman–Crippen MR) is 83.2 cm³/mol. The number of amides is 3. The Balaban J connectivity index is 1.88. The molecular formula is C17H15N3O2. The van der Waals surface area contributed by atoms with Gasteiger partial charge in [0.25, 0.3) is 5.91 Å². The third-order valence-corrected chi connectivity index (χ3v) is 3.64. The fourth-order valence-corrected chi connectivity index (χ4v) is 2.36. The smallest absolute Gasteiger partial charge is 0.318 e. The molecule has 0 radical (unpaired) electrons. The summed E-state index contributed by atoms with van der Waals surface area (Å²) in [6.07, 6.45) is 1.49. The standard InChI is InChI=1S/C17H15N3O2/c1-17(14-10-6-3-7-11-14)15(21)20(16(22)19-17)18-12-13-8-4-2-5-9-13/h2-12H,1H3,(H,19,22)/b18-12-/t17-/m0/s1. The number of hydrogen-bond acceptors (Lipinski definition) is 3. The Morgan fingerprint density at radius 3 is 2.23 bits per heavy atom. The van der Waals surface area contributed by atoms with Crippen molar-refractivity contribution in [1.82, 2.24) is 10.3 Å². The molecule has 0 bridgehead atoms. The van der Waals surface area contributed by atoms with E-state index in [1.165, 1.54) is 6.21 Å². The average molecular weight is 293 g/mol. The normalized spacial score (nSPS) is 21.4. The van der Waals surface area contributed by atoms with Crippen molar-refractivity contribution in [3.8, 4) is 0 Å². The first-order valence-electron chi connectivity index (χ1n) is 6.92. The largest absolute Gasteiger partial charge is 0.346 e. The second-order valence-electron chi connectivity index (χ2n) is 5.19. The van der Waals surface area contributed by atoms with E-state index in [9.17, 15) is 9.59 Å². The molecule has 1 aliphatic rings. The van der Waals surface area contributed by atoms with Crippen LogP contribution >= 0.6 is 0 Å². The zero-order valence-electron chi connectivity index (χ0n) is 12.1. The van der Waals surface area contributed by atoms with Crippen molar-refractivity contribution >= 4 is 18.2 Å². The first-order chi connectivity index (χ1) is 10.6. The number of hydrogen-bond donors (Lipinski definition) is 1. The van der Waals surface area contributed by atoms with Gasteiger partial charge in [0.2, 0.25) is 0 Å². The highest BCUT2D eigenvalue weighted by molar-refractivity contribution is 6.07. The number of hydrazone groups is 1. The molecule has 0 aliphatic carbocycles. The minimum Gasteiger partial charge on any atom is -0.318 e. The number of nitrogens with zero attached hydrogens (tertiary/aromatic N) is 2. The van der Waals surface area contributed by atoms with Gasteiger partial charge in [-0.2, -0.15) is 5.10 Å². The number of rotatable bonds is 3. The first-order valence-corrected chi connectivity index (χ1v) is 6.92. The molecule has 0 spiro atoms. The summed E-state index contributed by atoms with van der Waals surface area (Å²) in [6.45, 7) is 1.68. The van der Waals surface area contributed by atoms with Gasteiger partial charge in [-0.1, -0.05) is 60.7 Å². The minimum atomic E-state index is -1.09. The molecule has 3 rings (SSSR count). The van der Waals surface area contributed by atoms with E-state index in [0.29, 0.717) is 0 Å². The molecular weight excluding hydrogens is 278 g/mol. The molecule has 2 aromatic rings. The molecule has 1 fully saturated rings. The molecule has 5 nitrogen and oxygen atoms in total. The minimum absolute atomic E-state index is 0.393. The summed E-state index contributed by atoms with van der Waals surface area (Å²) in [7, 11) is 0. The molecule has 0 aromatic heterocycles. The second-order valence-corrected chi connectivity index (χ2v) is 5.19. The van der Waals surface area contributed by atoms with Crippen molar-refractivity contribution in [3.05, 3.63) is 71.8 Å². The van der Waals surface area contributed by atoms with Crippen LogP contribution in [-0.4, -0.2) is 23.2 Å². The molecule has 1 heterocycles. The Morgan fingerprint density at radius 2 is 1.59 bits per heavy atom. The van der Waals surface area contributed by atoms with Gasteiger partial charge in [-0.3, -0.25) is 4.79 Å². The molecule has 110 valence electrons. The summed E-state index contributed by atoms with van der Waals surface area (Å²) < 4.78 is 0. The van der Waals surface area contributed by atoms with Crippen molar-refractivity contribution in [2.75, 3.05) is 0 Å². The zero-order valence-corrected chi connectivity index (χ0v) is 12.1. The maximum Gasteiger partial charge on any atom is 0.346 e. The van der Waals surface area contributed by atoms with Crippen LogP contribution in [-0.2, 0) is 10.3 Å². The summed E-state index contributed by atoms with van der Waals surface area (Å²) in [4.78, 5) is 24.7. The van der Waals surface area contributed by atoms with Gasteiger partial charge in [0.1, 0.15) is 5.54 Å². The van der Waals surface area contributed by atoms with Gasteiger partial charge in [-0.25, -0.2) is 4.79 Å². The molecule has 0 unspecified atom stereocenters. The van der Waals surface area contributed by atoms with Crippen LogP contribution in [0.2, 0.25) is 0 Å². The fourth-order valence-electron chi connectivity index (χ4n) is 2.36. The highest BCUT2D eigenvalue weighted by Crippen LogP contribution is 2.28. The van der Waals surface area contributed by atoms with Gasteiger partial charge in [-0.15, -0.1) is 5.01 Å². The molecule has 0 saturated carbocycles. The van der Waals surface area contributed by atoms with Gasteiger partial charge in [0.15, 0.2) is 0 Å². The van der Waals surface area contributed by atoms with Crippen molar-refractivity contribution in [2.24, 2.45) is 5.10 Å². The van der Waals surface area contributed by atoms with Gasteiger partial charge < -0.3 is 5.32 Å². The lowest BCUT2D eigenvalue weighted by molar-refractivity contribution is -0.131. The highest BCUT2D eigenvalue weighted by atomic mass is 16.2. The van der Waals surface area contributed by atoms with E-state index in [-0.39, 0.29) is 0 Å². The third-order valence-electron chi connectivity index (χ3n) is 3.64. The quantitative estimate of drug-likeness (QED) is 0.698. The summed E-state index contributed by atoms with van der Waals surface area (Å²) in [5.41, 5.74) is 0.453. The molecule has 3 amide bonds. The predicted octanol–water partition coefficient (Wildman–Crippen LogP) is 2.49. The topological polar surface area (TPSA) is 61.8 Å². The van der Waals surface area contributed by atoms with E-state index in [4.69, 9.17) is 0 Å².